The number of amides is 11. The quantitative estimate of drug-likeness (QED) is 0.0348. The van der Waals surface area contributed by atoms with Crippen LogP contribution in [0.1, 0.15) is 151 Å². The standard InChI is InChI=1S/C76H124N14O18/c1-17-51(10)67(60(102-15)41-63(93)90-33-22-26-59(90)69(103-16)52(11)70(95)80-53(12)68(94)55-23-19-18-20-24-55)87(13)74(99)65(49(6)7)84-73(98)66(50(8)9)88(14)76(101)108-45-54-27-29-56(30-28-54)81-71(96)58(25-21-32-78-75(77)100)82-72(97)64(48(4)5)83-61(91)31-34-104-35-36-105-37-38-106-39-40-107-46-57-43-89(86-85-57)44-62(92)79-42-47(2)3/h18-20,23-24,27-30,43,47-53,58-60,64-69,94H,17,21-22,25-26,31-42,44-46H2,1-16H3,(H,79,92)(H,80,95)(H,81,96)(H,82,97)(H,83,91)(H,84,98)(H3,77,78,100)/t51-,52+,53+,58-,59-,60+,64-,65-,66-,67-,68+,69+/m0/s1. The number of benzene rings is 2. The minimum atomic E-state index is -1.12. The second-order valence-electron chi connectivity index (χ2n) is 29.0. The number of likely N-dealkylation sites (tertiary alicyclic amines) is 1. The summed E-state index contributed by atoms with van der Waals surface area (Å²) in [5, 5.41) is 38.5. The lowest BCUT2D eigenvalue weighted by molar-refractivity contribution is -0.148. The first-order chi connectivity index (χ1) is 51.3. The summed E-state index contributed by atoms with van der Waals surface area (Å²) in [5.74, 6) is -5.19. The van der Waals surface area contributed by atoms with E-state index in [0.717, 1.165) is 0 Å². The van der Waals surface area contributed by atoms with Crippen molar-refractivity contribution in [2.75, 3.05) is 99.5 Å². The van der Waals surface area contributed by atoms with Gasteiger partial charge in [-0.2, -0.15) is 0 Å². The first-order valence-corrected chi connectivity index (χ1v) is 37.7. The molecule has 1 aliphatic rings. The summed E-state index contributed by atoms with van der Waals surface area (Å²) in [5.41, 5.74) is 7.39. The van der Waals surface area contributed by atoms with Crippen molar-refractivity contribution in [3.05, 3.63) is 77.6 Å². The number of nitrogens with zero attached hydrogens (tertiary/aromatic N) is 6. The van der Waals surface area contributed by atoms with Crippen LogP contribution in [0.2, 0.25) is 0 Å². The average Bonchev–Trinajstić information content (AvgIpc) is 1.78. The third kappa shape index (κ3) is 30.9. The summed E-state index contributed by atoms with van der Waals surface area (Å²) in [6.07, 6.45) is 0.488. The van der Waals surface area contributed by atoms with Crippen molar-refractivity contribution < 1.29 is 86.2 Å². The van der Waals surface area contributed by atoms with Gasteiger partial charge in [-0.3, -0.25) is 43.3 Å². The van der Waals surface area contributed by atoms with E-state index in [0.29, 0.717) is 87.2 Å². The van der Waals surface area contributed by atoms with Gasteiger partial charge in [0.1, 0.15) is 43.0 Å². The fourth-order valence-corrected chi connectivity index (χ4v) is 12.7. The Labute approximate surface area is 637 Å². The largest absolute Gasteiger partial charge is 0.445 e. The molecule has 2 heterocycles. The molecule has 32 heteroatoms. The number of hydrogen-bond donors (Lipinski definition) is 9. The molecule has 11 amide bonds. The molecular weight excluding hydrogens is 1400 g/mol. The second-order valence-corrected chi connectivity index (χ2v) is 29.0. The maximum Gasteiger partial charge on any atom is 0.410 e. The molecule has 606 valence electrons. The summed E-state index contributed by atoms with van der Waals surface area (Å²) in [4.78, 5) is 140. The smallest absolute Gasteiger partial charge is 0.410 e. The number of methoxy groups -OCH3 is 2. The Kier molecular flexibility index (Phi) is 41.0. The monoisotopic (exact) mass is 1520 g/mol. The number of ether oxygens (including phenoxy) is 7. The molecule has 0 saturated carbocycles. The Hall–Kier alpha value is -8.40. The Morgan fingerprint density at radius 2 is 1.31 bits per heavy atom. The van der Waals surface area contributed by atoms with E-state index >= 15 is 0 Å². The van der Waals surface area contributed by atoms with Crippen LogP contribution in [-0.4, -0.2) is 243 Å². The number of likely N-dealkylation sites (N-methyl/N-ethyl adjacent to an activating group) is 2. The van der Waals surface area contributed by atoms with Gasteiger partial charge in [0.2, 0.25) is 47.3 Å². The molecule has 1 fully saturated rings. The first kappa shape index (κ1) is 92.0. The normalized spacial score (nSPS) is 16.0. The first-order valence-electron chi connectivity index (χ1n) is 37.7. The molecule has 0 radical (unpaired) electrons. The molecule has 1 saturated heterocycles. The summed E-state index contributed by atoms with van der Waals surface area (Å²) >= 11 is 0. The highest BCUT2D eigenvalue weighted by Gasteiger charge is 2.44. The number of urea groups is 1. The predicted molar refractivity (Wildman–Crippen MR) is 404 cm³/mol. The van der Waals surface area contributed by atoms with E-state index in [4.69, 9.17) is 38.9 Å². The van der Waals surface area contributed by atoms with Crippen molar-refractivity contribution >= 4 is 65.1 Å². The number of carbonyl (C=O) groups is 10. The lowest BCUT2D eigenvalue weighted by atomic mass is 9.89. The van der Waals surface area contributed by atoms with E-state index in [1.165, 1.54) is 30.8 Å². The molecule has 2 aromatic carbocycles. The number of nitrogens with two attached hydrogens (primary N) is 1. The van der Waals surface area contributed by atoms with Crippen LogP contribution < -0.4 is 43.0 Å². The van der Waals surface area contributed by atoms with Crippen LogP contribution in [0.15, 0.2) is 60.8 Å². The van der Waals surface area contributed by atoms with Gasteiger partial charge in [-0.1, -0.05) is 130 Å². The minimum absolute atomic E-state index is 0.0481. The van der Waals surface area contributed by atoms with Gasteiger partial charge in [0, 0.05) is 60.1 Å². The number of anilines is 1. The van der Waals surface area contributed by atoms with E-state index in [1.54, 1.807) is 115 Å². The zero-order valence-corrected chi connectivity index (χ0v) is 66.3. The zero-order valence-electron chi connectivity index (χ0n) is 66.3. The number of nitrogens with one attached hydrogen (secondary N) is 7. The van der Waals surface area contributed by atoms with Crippen molar-refractivity contribution in [1.29, 1.82) is 0 Å². The molecule has 0 aliphatic carbocycles. The molecule has 32 nitrogen and oxygen atoms in total. The lowest BCUT2D eigenvalue weighted by Gasteiger charge is -2.41. The Morgan fingerprint density at radius 3 is 1.89 bits per heavy atom. The van der Waals surface area contributed by atoms with Crippen LogP contribution in [0, 0.1) is 35.5 Å². The molecule has 10 N–H and O–H groups in total. The van der Waals surface area contributed by atoms with Crippen molar-refractivity contribution in [3.8, 4) is 0 Å². The van der Waals surface area contributed by atoms with Gasteiger partial charge in [-0.25, -0.2) is 14.3 Å². The lowest BCUT2D eigenvalue weighted by Crippen LogP contribution is -2.60. The molecule has 0 spiro atoms. The van der Waals surface area contributed by atoms with Crippen LogP contribution in [-0.2, 0) is 91.3 Å². The van der Waals surface area contributed by atoms with Gasteiger partial charge in [-0.05, 0) is 85.5 Å². The van der Waals surface area contributed by atoms with Crippen LogP contribution in [0.25, 0.3) is 0 Å². The van der Waals surface area contributed by atoms with Gasteiger partial charge < -0.3 is 91.0 Å². The van der Waals surface area contributed by atoms with Crippen LogP contribution in [0.3, 0.4) is 0 Å². The van der Waals surface area contributed by atoms with Crippen molar-refractivity contribution in [2.24, 2.45) is 41.2 Å². The number of carbonyl (C=O) groups excluding carboxylic acids is 10. The fraction of sp³-hybridized carbons (Fsp3) is 0.684. The van der Waals surface area contributed by atoms with E-state index in [1.807, 2.05) is 45.9 Å². The topological polar surface area (TPSA) is 406 Å². The summed E-state index contributed by atoms with van der Waals surface area (Å²) in [6, 6.07) is 8.70. The highest BCUT2D eigenvalue weighted by Crippen LogP contribution is 2.31. The number of aromatic nitrogens is 3. The Morgan fingerprint density at radius 1 is 0.676 bits per heavy atom. The molecule has 0 bridgehead atoms. The van der Waals surface area contributed by atoms with Crippen molar-refractivity contribution in [3.63, 3.8) is 0 Å². The highest BCUT2D eigenvalue weighted by atomic mass is 16.6. The predicted octanol–water partition coefficient (Wildman–Crippen LogP) is 4.61. The molecule has 108 heavy (non-hydrogen) atoms. The molecule has 1 aromatic heterocycles. The Balaban J connectivity index is 1.27. The molecular formula is C76H124N14O18. The molecule has 1 aliphatic heterocycles. The van der Waals surface area contributed by atoms with E-state index in [9.17, 15) is 53.1 Å². The van der Waals surface area contributed by atoms with Gasteiger partial charge in [0.05, 0.1) is 108 Å². The molecule has 0 unspecified atom stereocenters. The third-order valence-electron chi connectivity index (χ3n) is 19.0. The highest BCUT2D eigenvalue weighted by molar-refractivity contribution is 5.98. The number of aliphatic hydroxyl groups excluding tert-OH is 1. The summed E-state index contributed by atoms with van der Waals surface area (Å²) < 4.78 is 41.5. The van der Waals surface area contributed by atoms with E-state index in [2.05, 4.69) is 47.5 Å². The SMILES string of the molecule is CC[C@H](C)[C@@H]([C@@H](CC(=O)N1CCC[C@H]1[C@H](OC)[C@@H](C)C(=O)N[C@H](C)[C@@H](O)c1ccccc1)OC)N(C)C(=O)[C@@H](NC(=O)[C@H](C(C)C)N(C)C(=O)OCc1ccc(NC(=O)[C@H](CCCNC(N)=O)NC(=O)[C@@H](NC(=O)CCOCCOCCOCCOCc2cn(CC(=O)NCC(C)C)nn2)C(C)C)cc1)C(C)C. The van der Waals surface area contributed by atoms with Gasteiger partial charge in [0.25, 0.3) is 0 Å². The van der Waals surface area contributed by atoms with Gasteiger partial charge >= 0.3 is 12.1 Å². The maximum absolute atomic E-state index is 14.9. The molecule has 12 atom stereocenters. The van der Waals surface area contributed by atoms with Crippen LogP contribution >= 0.6 is 0 Å². The number of rotatable bonds is 50. The van der Waals surface area contributed by atoms with Crippen molar-refractivity contribution in [1.82, 2.24) is 61.6 Å². The Bertz CT molecular complexity index is 3250. The zero-order chi connectivity index (χ0) is 80.2. The minimum Gasteiger partial charge on any atom is -0.445 e. The number of primary amides is 1. The second kappa shape index (κ2) is 48.2. The summed E-state index contributed by atoms with van der Waals surface area (Å²) in [6.45, 7) is 25.0. The fourth-order valence-electron chi connectivity index (χ4n) is 12.7. The number of aliphatic hydroxyl groups is 1. The van der Waals surface area contributed by atoms with E-state index < -0.39 is 126 Å². The third-order valence-corrected chi connectivity index (χ3v) is 19.0. The van der Waals surface area contributed by atoms with Gasteiger partial charge in [0.15, 0.2) is 0 Å². The number of hydrogen-bond acceptors (Lipinski definition) is 20. The molecule has 4 rings (SSSR count). The van der Waals surface area contributed by atoms with Crippen LogP contribution in [0.4, 0.5) is 15.3 Å². The summed E-state index contributed by atoms with van der Waals surface area (Å²) in [7, 11) is 6.08. The average molecular weight is 1520 g/mol. The maximum atomic E-state index is 14.9. The van der Waals surface area contributed by atoms with Gasteiger partial charge in [-0.15, -0.1) is 5.10 Å². The van der Waals surface area contributed by atoms with Crippen LogP contribution in [0.5, 0.6) is 0 Å². The van der Waals surface area contributed by atoms with Crippen molar-refractivity contribution in [2.45, 2.75) is 208 Å². The van der Waals surface area contributed by atoms with E-state index in [-0.39, 0.29) is 95.4 Å². The molecule has 3 aromatic rings.